The van der Waals surface area contributed by atoms with Crippen molar-refractivity contribution in [3.8, 4) is 0 Å². The van der Waals surface area contributed by atoms with Gasteiger partial charge in [0.15, 0.2) is 0 Å². The quantitative estimate of drug-likeness (QED) is 0.849. The Hall–Kier alpha value is -1.32. The van der Waals surface area contributed by atoms with Gasteiger partial charge in [0.1, 0.15) is 5.82 Å². The van der Waals surface area contributed by atoms with Crippen molar-refractivity contribution in [3.63, 3.8) is 0 Å². The number of hydrogen-bond acceptors (Lipinski definition) is 1. The molecule has 20 heavy (non-hydrogen) atoms. The molecule has 0 aliphatic rings. The van der Waals surface area contributed by atoms with Crippen molar-refractivity contribution in [2.45, 2.75) is 26.9 Å². The Morgan fingerprint density at radius 3 is 2.85 bits per heavy atom. The van der Waals surface area contributed by atoms with Gasteiger partial charge in [0, 0.05) is 29.0 Å². The molecule has 4 heteroatoms. The summed E-state index contributed by atoms with van der Waals surface area (Å²) in [6, 6.07) is 8.70. The Labute approximate surface area is 124 Å². The molecule has 0 saturated heterocycles. The highest BCUT2D eigenvalue weighted by atomic mass is 35.5. The highest BCUT2D eigenvalue weighted by molar-refractivity contribution is 6.30. The normalized spacial score (nSPS) is 11.2. The molecule has 0 aliphatic carbocycles. The van der Waals surface area contributed by atoms with E-state index in [0.717, 1.165) is 18.8 Å². The third-order valence-electron chi connectivity index (χ3n) is 3.13. The summed E-state index contributed by atoms with van der Waals surface area (Å²) in [7, 11) is 0. The van der Waals surface area contributed by atoms with Crippen LogP contribution in [0.1, 0.15) is 25.1 Å². The van der Waals surface area contributed by atoms with Gasteiger partial charge >= 0.3 is 0 Å². The van der Waals surface area contributed by atoms with Gasteiger partial charge in [-0.2, -0.15) is 0 Å². The van der Waals surface area contributed by atoms with Crippen molar-refractivity contribution in [1.82, 2.24) is 9.88 Å². The van der Waals surface area contributed by atoms with Crippen LogP contribution in [0.5, 0.6) is 0 Å². The smallest absolute Gasteiger partial charge is 0.128 e. The van der Waals surface area contributed by atoms with E-state index in [9.17, 15) is 4.39 Å². The molecule has 0 bridgehead atoms. The highest BCUT2D eigenvalue weighted by Crippen LogP contribution is 2.17. The van der Waals surface area contributed by atoms with Crippen LogP contribution in [0.3, 0.4) is 0 Å². The molecule has 0 amide bonds. The lowest BCUT2D eigenvalue weighted by atomic mass is 10.2. The predicted octanol–water partition coefficient (Wildman–Crippen LogP) is 4.07. The molecule has 2 nitrogen and oxygen atoms in total. The van der Waals surface area contributed by atoms with Crippen molar-refractivity contribution in [2.75, 3.05) is 6.54 Å². The zero-order chi connectivity index (χ0) is 14.5. The van der Waals surface area contributed by atoms with Crippen molar-refractivity contribution >= 4 is 11.6 Å². The molecule has 1 aromatic carbocycles. The van der Waals surface area contributed by atoms with Crippen LogP contribution >= 0.6 is 11.6 Å². The topological polar surface area (TPSA) is 17.0 Å². The van der Waals surface area contributed by atoms with E-state index in [0.29, 0.717) is 23.0 Å². The number of halogens is 2. The average molecular weight is 295 g/mol. The monoisotopic (exact) mass is 294 g/mol. The first kappa shape index (κ1) is 15.1. The molecule has 0 saturated carbocycles. The summed E-state index contributed by atoms with van der Waals surface area (Å²) < 4.78 is 15.8. The first-order chi connectivity index (χ1) is 9.56. The molecule has 108 valence electrons. The van der Waals surface area contributed by atoms with Crippen LogP contribution < -0.4 is 5.32 Å². The third kappa shape index (κ3) is 4.09. The molecule has 0 fully saturated rings. The van der Waals surface area contributed by atoms with Gasteiger partial charge in [-0.1, -0.05) is 25.4 Å². The lowest BCUT2D eigenvalue weighted by molar-refractivity contribution is 0.536. The van der Waals surface area contributed by atoms with Crippen LogP contribution in [0.4, 0.5) is 4.39 Å². The zero-order valence-corrected chi connectivity index (χ0v) is 12.6. The summed E-state index contributed by atoms with van der Waals surface area (Å²) in [4.78, 5) is 0. The Morgan fingerprint density at radius 2 is 2.10 bits per heavy atom. The van der Waals surface area contributed by atoms with Gasteiger partial charge in [-0.15, -0.1) is 0 Å². The summed E-state index contributed by atoms with van der Waals surface area (Å²) in [5.41, 5.74) is 1.75. The van der Waals surface area contributed by atoms with Gasteiger partial charge in [0.25, 0.3) is 0 Å². The molecule has 1 N–H and O–H groups in total. The number of hydrogen-bond donors (Lipinski definition) is 1. The standard InChI is InChI=1S/C16H20ClFN2/c1-12(2)9-19-10-15-4-3-7-20(15)11-13-8-14(17)5-6-16(13)18/h3-8,12,19H,9-11H2,1-2H3. The van der Waals surface area contributed by atoms with Gasteiger partial charge in [0.2, 0.25) is 0 Å². The number of nitrogens with zero attached hydrogens (tertiary/aromatic N) is 1. The van der Waals surface area contributed by atoms with Crippen LogP contribution in [-0.4, -0.2) is 11.1 Å². The number of benzene rings is 1. The second-order valence-corrected chi connectivity index (χ2v) is 5.82. The van der Waals surface area contributed by atoms with E-state index >= 15 is 0 Å². The molecule has 0 atom stereocenters. The third-order valence-corrected chi connectivity index (χ3v) is 3.37. The predicted molar refractivity (Wildman–Crippen MR) is 81.5 cm³/mol. The maximum Gasteiger partial charge on any atom is 0.128 e. The molecule has 0 aliphatic heterocycles. The number of aromatic nitrogens is 1. The minimum atomic E-state index is -0.218. The van der Waals surface area contributed by atoms with E-state index in [-0.39, 0.29) is 5.82 Å². The summed E-state index contributed by atoms with van der Waals surface area (Å²) in [5.74, 6) is 0.396. The zero-order valence-electron chi connectivity index (χ0n) is 11.9. The summed E-state index contributed by atoms with van der Waals surface area (Å²) in [5, 5.41) is 3.96. The van der Waals surface area contributed by atoms with Crippen molar-refractivity contribution in [3.05, 3.63) is 58.6 Å². The molecular weight excluding hydrogens is 275 g/mol. The van der Waals surface area contributed by atoms with E-state index < -0.39 is 0 Å². The van der Waals surface area contributed by atoms with Gasteiger partial charge in [-0.3, -0.25) is 0 Å². The molecule has 0 spiro atoms. The minimum Gasteiger partial charge on any atom is -0.346 e. The number of nitrogens with one attached hydrogen (secondary N) is 1. The second kappa shape index (κ2) is 6.91. The van der Waals surface area contributed by atoms with Crippen molar-refractivity contribution < 1.29 is 4.39 Å². The van der Waals surface area contributed by atoms with Crippen molar-refractivity contribution in [1.29, 1.82) is 0 Å². The van der Waals surface area contributed by atoms with Crippen LogP contribution in [0.25, 0.3) is 0 Å². The van der Waals surface area contributed by atoms with E-state index in [2.05, 4.69) is 25.2 Å². The fourth-order valence-corrected chi connectivity index (χ4v) is 2.30. The molecule has 1 aromatic heterocycles. The molecule has 2 aromatic rings. The Bertz CT molecular complexity index is 563. The van der Waals surface area contributed by atoms with E-state index in [1.165, 1.54) is 6.07 Å². The fraction of sp³-hybridized carbons (Fsp3) is 0.375. The molecular formula is C16H20ClFN2. The Kier molecular flexibility index (Phi) is 5.21. The van der Waals surface area contributed by atoms with Gasteiger partial charge in [0.05, 0.1) is 6.54 Å². The number of rotatable bonds is 6. The molecule has 0 radical (unpaired) electrons. The summed E-state index contributed by atoms with van der Waals surface area (Å²) >= 11 is 5.93. The molecule has 1 heterocycles. The largest absolute Gasteiger partial charge is 0.346 e. The van der Waals surface area contributed by atoms with Crippen LogP contribution in [0.2, 0.25) is 5.02 Å². The van der Waals surface area contributed by atoms with Crippen molar-refractivity contribution in [2.24, 2.45) is 5.92 Å². The summed E-state index contributed by atoms with van der Waals surface area (Å²) in [6.45, 7) is 6.60. The first-order valence-electron chi connectivity index (χ1n) is 6.85. The summed E-state index contributed by atoms with van der Waals surface area (Å²) in [6.07, 6.45) is 1.97. The Balaban J connectivity index is 2.06. The average Bonchev–Trinajstić information content (AvgIpc) is 2.81. The maximum absolute atomic E-state index is 13.8. The lowest BCUT2D eigenvalue weighted by Gasteiger charge is -2.12. The Morgan fingerprint density at radius 1 is 1.30 bits per heavy atom. The fourth-order valence-electron chi connectivity index (χ4n) is 2.10. The van der Waals surface area contributed by atoms with Gasteiger partial charge in [-0.05, 0) is 42.8 Å². The van der Waals surface area contributed by atoms with Crippen LogP contribution in [0, 0.1) is 11.7 Å². The molecule has 0 unspecified atom stereocenters. The maximum atomic E-state index is 13.8. The van der Waals surface area contributed by atoms with E-state index in [4.69, 9.17) is 11.6 Å². The SMILES string of the molecule is CC(C)CNCc1cccn1Cc1cc(Cl)ccc1F. The van der Waals surface area contributed by atoms with Gasteiger partial charge in [-0.25, -0.2) is 4.39 Å². The highest BCUT2D eigenvalue weighted by Gasteiger charge is 2.07. The minimum absolute atomic E-state index is 0.218. The van der Waals surface area contributed by atoms with Gasteiger partial charge < -0.3 is 9.88 Å². The molecule has 2 rings (SSSR count). The van der Waals surface area contributed by atoms with E-state index in [1.54, 1.807) is 12.1 Å². The first-order valence-corrected chi connectivity index (χ1v) is 7.22. The lowest BCUT2D eigenvalue weighted by Crippen LogP contribution is -2.21. The van der Waals surface area contributed by atoms with E-state index in [1.807, 2.05) is 16.8 Å². The van der Waals surface area contributed by atoms with Crippen LogP contribution in [-0.2, 0) is 13.1 Å². The second-order valence-electron chi connectivity index (χ2n) is 5.39. The van der Waals surface area contributed by atoms with Crippen LogP contribution in [0.15, 0.2) is 36.5 Å².